The smallest absolute Gasteiger partial charge is 0.343 e. The van der Waals surface area contributed by atoms with E-state index in [9.17, 15) is 32.4 Å². The van der Waals surface area contributed by atoms with Crippen LogP contribution in [0.3, 0.4) is 0 Å². The lowest BCUT2D eigenvalue weighted by Gasteiger charge is -2.24. The van der Waals surface area contributed by atoms with E-state index in [1.54, 1.807) is 30.3 Å². The minimum atomic E-state index is -3.60. The highest BCUT2D eigenvalue weighted by atomic mass is 35.5. The summed E-state index contributed by atoms with van der Waals surface area (Å²) in [6, 6.07) is 14.5. The summed E-state index contributed by atoms with van der Waals surface area (Å²) in [4.78, 5) is 64.6. The van der Waals surface area contributed by atoms with Crippen LogP contribution in [0.2, 0.25) is 10.0 Å². The predicted octanol–water partition coefficient (Wildman–Crippen LogP) is 4.04. The minimum Gasteiger partial charge on any atom is -0.456 e. The van der Waals surface area contributed by atoms with Gasteiger partial charge < -0.3 is 9.47 Å². The number of ether oxygens (including phenoxy) is 2. The standard InChI is InChI=1S/C28H21Cl2NO9S/c1-41(37,38)12-11-23(31-25(33)19-13-21(29)22(30)14-20(19)26(31)34)28(36)39-15-24(32)16-7-9-18(10-8-16)40-27(35)17-5-3-2-4-6-17/h2-10,13-14,23H,11-12,15H2,1H3/t23-/m0/s1. The summed E-state index contributed by atoms with van der Waals surface area (Å²) < 4.78 is 34.0. The number of sulfone groups is 1. The normalized spacial score (nSPS) is 13.5. The van der Waals surface area contributed by atoms with Crippen molar-refractivity contribution in [1.82, 2.24) is 4.90 Å². The van der Waals surface area contributed by atoms with Gasteiger partial charge in [-0.2, -0.15) is 0 Å². The number of rotatable bonds is 10. The van der Waals surface area contributed by atoms with Gasteiger partial charge >= 0.3 is 11.9 Å². The maximum absolute atomic E-state index is 13.0. The van der Waals surface area contributed by atoms with E-state index in [-0.39, 0.29) is 32.5 Å². The lowest BCUT2D eigenvalue weighted by molar-refractivity contribution is -0.147. The Morgan fingerprint density at radius 3 is 1.95 bits per heavy atom. The Kier molecular flexibility index (Phi) is 8.91. The van der Waals surface area contributed by atoms with E-state index in [1.165, 1.54) is 36.4 Å². The summed E-state index contributed by atoms with van der Waals surface area (Å²) in [5.74, 6) is -4.50. The number of benzene rings is 3. The molecule has 0 radical (unpaired) electrons. The molecule has 0 bridgehead atoms. The molecule has 3 aromatic carbocycles. The third-order valence-corrected chi connectivity index (χ3v) is 7.75. The van der Waals surface area contributed by atoms with Crippen LogP contribution in [0, 0.1) is 0 Å². The van der Waals surface area contributed by atoms with Crippen LogP contribution in [0.1, 0.15) is 47.9 Å². The molecule has 0 unspecified atom stereocenters. The molecule has 10 nitrogen and oxygen atoms in total. The van der Waals surface area contributed by atoms with Crippen LogP contribution in [0.15, 0.2) is 66.7 Å². The van der Waals surface area contributed by atoms with Crippen molar-refractivity contribution in [3.05, 3.63) is 99.0 Å². The molecule has 2 amide bonds. The molecule has 0 aliphatic carbocycles. The van der Waals surface area contributed by atoms with E-state index in [1.807, 2.05) is 0 Å². The van der Waals surface area contributed by atoms with Crippen LogP contribution < -0.4 is 4.74 Å². The maximum Gasteiger partial charge on any atom is 0.343 e. The van der Waals surface area contributed by atoms with Crippen molar-refractivity contribution >= 4 is 62.6 Å². The van der Waals surface area contributed by atoms with Gasteiger partial charge in [0.25, 0.3) is 11.8 Å². The average Bonchev–Trinajstić information content (AvgIpc) is 3.16. The van der Waals surface area contributed by atoms with E-state index < -0.39 is 64.2 Å². The number of amides is 2. The number of hydrogen-bond donors (Lipinski definition) is 0. The first kappa shape index (κ1) is 29.9. The molecule has 0 saturated carbocycles. The van der Waals surface area contributed by atoms with Gasteiger partial charge in [0.15, 0.2) is 12.4 Å². The van der Waals surface area contributed by atoms with E-state index >= 15 is 0 Å². The highest BCUT2D eigenvalue weighted by Crippen LogP contribution is 2.33. The number of fused-ring (bicyclic) bond motifs is 1. The molecule has 0 aromatic heterocycles. The van der Waals surface area contributed by atoms with Crippen LogP contribution in [-0.2, 0) is 19.4 Å². The number of esters is 2. The van der Waals surface area contributed by atoms with Gasteiger partial charge in [-0.15, -0.1) is 0 Å². The lowest BCUT2D eigenvalue weighted by Crippen LogP contribution is -2.46. The Morgan fingerprint density at radius 2 is 1.41 bits per heavy atom. The van der Waals surface area contributed by atoms with Crippen LogP contribution in [0.4, 0.5) is 0 Å². The molecule has 1 aliphatic rings. The fourth-order valence-corrected chi connectivity index (χ4v) is 4.96. The first-order valence-electron chi connectivity index (χ1n) is 12.0. The Bertz CT molecular complexity index is 1610. The predicted molar refractivity (Wildman–Crippen MR) is 148 cm³/mol. The number of hydrogen-bond acceptors (Lipinski definition) is 9. The summed E-state index contributed by atoms with van der Waals surface area (Å²) in [5.41, 5.74) is 0.251. The minimum absolute atomic E-state index is 0.00938. The maximum atomic E-state index is 13.0. The largest absolute Gasteiger partial charge is 0.456 e. The van der Waals surface area contributed by atoms with Crippen LogP contribution in [0.5, 0.6) is 5.75 Å². The highest BCUT2D eigenvalue weighted by Gasteiger charge is 2.44. The monoisotopic (exact) mass is 617 g/mol. The number of carbonyl (C=O) groups is 5. The van der Waals surface area contributed by atoms with Gasteiger partial charge in [-0.3, -0.25) is 19.3 Å². The van der Waals surface area contributed by atoms with Gasteiger partial charge in [0.05, 0.1) is 32.5 Å². The third-order valence-electron chi connectivity index (χ3n) is 6.05. The van der Waals surface area contributed by atoms with Crippen molar-refractivity contribution in [3.8, 4) is 5.75 Å². The lowest BCUT2D eigenvalue weighted by atomic mass is 10.1. The first-order chi connectivity index (χ1) is 19.4. The first-order valence-corrected chi connectivity index (χ1v) is 14.8. The second-order valence-corrected chi connectivity index (χ2v) is 12.1. The molecule has 212 valence electrons. The summed E-state index contributed by atoms with van der Waals surface area (Å²) >= 11 is 11.9. The van der Waals surface area contributed by atoms with E-state index in [2.05, 4.69) is 0 Å². The number of ketones is 1. The van der Waals surface area contributed by atoms with Gasteiger partial charge in [-0.1, -0.05) is 41.4 Å². The summed E-state index contributed by atoms with van der Waals surface area (Å²) in [6.45, 7) is -0.766. The number of halogens is 2. The number of carbonyl (C=O) groups excluding carboxylic acids is 5. The van der Waals surface area contributed by atoms with Crippen molar-refractivity contribution < 1.29 is 41.9 Å². The van der Waals surface area contributed by atoms with Crippen molar-refractivity contribution in [2.45, 2.75) is 12.5 Å². The SMILES string of the molecule is CS(=O)(=O)CC[C@@H](C(=O)OCC(=O)c1ccc(OC(=O)c2ccccc2)cc1)N1C(=O)c2cc(Cl)c(Cl)cc2C1=O. The molecule has 1 atom stereocenters. The highest BCUT2D eigenvalue weighted by molar-refractivity contribution is 7.90. The number of Topliss-reactive ketones (excluding diaryl/α,β-unsaturated/α-hetero) is 1. The van der Waals surface area contributed by atoms with Gasteiger partial charge in [0.1, 0.15) is 21.6 Å². The molecular formula is C28H21Cl2NO9S. The second-order valence-electron chi connectivity index (χ2n) is 9.04. The topological polar surface area (TPSA) is 141 Å². The molecule has 4 rings (SSSR count). The molecular weight excluding hydrogens is 597 g/mol. The van der Waals surface area contributed by atoms with Crippen molar-refractivity contribution in [3.63, 3.8) is 0 Å². The quantitative estimate of drug-likeness (QED) is 0.143. The average molecular weight is 618 g/mol. The Morgan fingerprint density at radius 1 is 0.854 bits per heavy atom. The molecule has 0 spiro atoms. The molecule has 1 aliphatic heterocycles. The zero-order chi connectivity index (χ0) is 29.9. The summed E-state index contributed by atoms with van der Waals surface area (Å²) in [7, 11) is -3.60. The van der Waals surface area contributed by atoms with Crippen molar-refractivity contribution in [1.29, 1.82) is 0 Å². The molecule has 0 fully saturated rings. The van der Waals surface area contributed by atoms with Gasteiger partial charge in [0.2, 0.25) is 0 Å². The van der Waals surface area contributed by atoms with Crippen molar-refractivity contribution in [2.75, 3.05) is 18.6 Å². The number of nitrogens with zero attached hydrogens (tertiary/aromatic N) is 1. The molecule has 0 N–H and O–H groups in total. The van der Waals surface area contributed by atoms with Gasteiger partial charge in [-0.25, -0.2) is 18.0 Å². The second kappa shape index (κ2) is 12.2. The fraction of sp³-hybridized carbons (Fsp3) is 0.179. The van der Waals surface area contributed by atoms with Crippen LogP contribution in [-0.4, -0.2) is 67.5 Å². The van der Waals surface area contributed by atoms with Crippen molar-refractivity contribution in [2.24, 2.45) is 0 Å². The van der Waals surface area contributed by atoms with Gasteiger partial charge in [-0.05, 0) is 55.0 Å². The molecule has 3 aromatic rings. The Labute approximate surface area is 244 Å². The number of imide groups is 1. The zero-order valence-electron chi connectivity index (χ0n) is 21.3. The zero-order valence-corrected chi connectivity index (χ0v) is 23.7. The molecule has 41 heavy (non-hydrogen) atoms. The van der Waals surface area contributed by atoms with Gasteiger partial charge in [0, 0.05) is 11.8 Å². The summed E-state index contributed by atoms with van der Waals surface area (Å²) in [5, 5.41) is 0.0188. The van der Waals surface area contributed by atoms with E-state index in [0.29, 0.717) is 10.5 Å². The molecule has 0 saturated heterocycles. The Balaban J connectivity index is 1.45. The van der Waals surface area contributed by atoms with E-state index in [4.69, 9.17) is 32.7 Å². The van der Waals surface area contributed by atoms with E-state index in [0.717, 1.165) is 6.26 Å². The summed E-state index contributed by atoms with van der Waals surface area (Å²) in [6.07, 6.45) is 0.474. The van der Waals surface area contributed by atoms with Crippen LogP contribution >= 0.6 is 23.2 Å². The molecule has 13 heteroatoms. The van der Waals surface area contributed by atoms with Crippen LogP contribution in [0.25, 0.3) is 0 Å². The molecule has 1 heterocycles. The fourth-order valence-electron chi connectivity index (χ4n) is 3.98. The third kappa shape index (κ3) is 6.99. The Hall–Kier alpha value is -4.06.